The number of carbonyl (C=O) groups excluding carboxylic acids is 4. The van der Waals surface area contributed by atoms with Crippen LogP contribution in [0.3, 0.4) is 0 Å². The van der Waals surface area contributed by atoms with Gasteiger partial charge in [-0.25, -0.2) is 0 Å². The fourth-order valence-electron chi connectivity index (χ4n) is 3.30. The van der Waals surface area contributed by atoms with Crippen molar-refractivity contribution in [1.82, 2.24) is 0 Å². The Bertz CT molecular complexity index is 826. The van der Waals surface area contributed by atoms with Gasteiger partial charge in [-0.1, -0.05) is 19.9 Å². The summed E-state index contributed by atoms with van der Waals surface area (Å²) in [6, 6.07) is 1.57. The van der Waals surface area contributed by atoms with Crippen LogP contribution >= 0.6 is 0 Å². The minimum absolute atomic E-state index is 0.0338. The molecule has 1 aromatic carbocycles. The van der Waals surface area contributed by atoms with E-state index in [0.29, 0.717) is 16.7 Å². The van der Waals surface area contributed by atoms with Crippen LogP contribution in [0.2, 0.25) is 0 Å². The van der Waals surface area contributed by atoms with Crippen molar-refractivity contribution in [3.05, 3.63) is 46.0 Å². The summed E-state index contributed by atoms with van der Waals surface area (Å²) in [7, 11) is 1.22. The maximum absolute atomic E-state index is 12.5. The van der Waals surface area contributed by atoms with Crippen LogP contribution in [0.5, 0.6) is 0 Å². The molecule has 5 nitrogen and oxygen atoms in total. The van der Waals surface area contributed by atoms with E-state index in [1.807, 2.05) is 13.8 Å². The molecular weight excluding hydrogens is 296 g/mol. The van der Waals surface area contributed by atoms with Crippen LogP contribution in [0.25, 0.3) is 0 Å². The van der Waals surface area contributed by atoms with Crippen LogP contribution < -0.4 is 0 Å². The van der Waals surface area contributed by atoms with Crippen molar-refractivity contribution >= 4 is 23.1 Å². The average Bonchev–Trinajstić information content (AvgIpc) is 2.49. The van der Waals surface area contributed by atoms with E-state index < -0.39 is 28.9 Å². The summed E-state index contributed by atoms with van der Waals surface area (Å²) < 4.78 is 4.90. The van der Waals surface area contributed by atoms with Gasteiger partial charge in [0.2, 0.25) is 11.6 Å². The van der Waals surface area contributed by atoms with Gasteiger partial charge in [0.15, 0.2) is 17.7 Å². The van der Waals surface area contributed by atoms with Crippen molar-refractivity contribution in [2.24, 2.45) is 0 Å². The second-order valence-electron chi connectivity index (χ2n) is 6.44. The third kappa shape index (κ3) is 1.96. The van der Waals surface area contributed by atoms with E-state index in [2.05, 4.69) is 0 Å². The molecule has 0 aliphatic heterocycles. The van der Waals surface area contributed by atoms with Gasteiger partial charge in [0, 0.05) is 29.2 Å². The van der Waals surface area contributed by atoms with E-state index in [1.54, 1.807) is 19.1 Å². The van der Waals surface area contributed by atoms with E-state index >= 15 is 0 Å². The number of carbonyl (C=O) groups is 4. The van der Waals surface area contributed by atoms with Gasteiger partial charge in [-0.15, -0.1) is 0 Å². The van der Waals surface area contributed by atoms with Crippen molar-refractivity contribution in [2.45, 2.75) is 32.3 Å². The Labute approximate surface area is 133 Å². The molecule has 0 saturated heterocycles. The van der Waals surface area contributed by atoms with Gasteiger partial charge in [0.25, 0.3) is 0 Å². The summed E-state index contributed by atoms with van der Waals surface area (Å²) in [6.07, 6.45) is 1.85. The Hall–Kier alpha value is -2.40. The molecule has 0 saturated carbocycles. The molecule has 2 aliphatic rings. The largest absolute Gasteiger partial charge is 0.365 e. The lowest BCUT2D eigenvalue weighted by Gasteiger charge is -2.31. The maximum Gasteiger partial charge on any atom is 0.239 e. The zero-order valence-electron chi connectivity index (χ0n) is 13.4. The zero-order valence-corrected chi connectivity index (χ0v) is 13.4. The van der Waals surface area contributed by atoms with Crippen molar-refractivity contribution < 1.29 is 23.9 Å². The second-order valence-corrected chi connectivity index (χ2v) is 6.44. The molecule has 0 spiro atoms. The summed E-state index contributed by atoms with van der Waals surface area (Å²) in [5.41, 5.74) is 1.23. The number of Topliss-reactive ketones (excluding diaryl/α,β-unsaturated/α-hetero) is 3. The SMILES string of the molecule is COC1C(=O)C(=O)c2c(cc3c(c2C)C(=O)C=CC3(C)C)C1=O. The normalized spacial score (nSPS) is 22.2. The molecule has 118 valence electrons. The van der Waals surface area contributed by atoms with Crippen molar-refractivity contribution in [2.75, 3.05) is 7.11 Å². The van der Waals surface area contributed by atoms with E-state index in [0.717, 1.165) is 0 Å². The van der Waals surface area contributed by atoms with E-state index in [4.69, 9.17) is 4.74 Å². The van der Waals surface area contributed by atoms with Crippen LogP contribution in [-0.4, -0.2) is 36.3 Å². The first-order chi connectivity index (χ1) is 10.7. The van der Waals surface area contributed by atoms with Crippen LogP contribution in [-0.2, 0) is 14.9 Å². The van der Waals surface area contributed by atoms with Crippen LogP contribution in [0.15, 0.2) is 18.2 Å². The number of methoxy groups -OCH3 is 1. The molecule has 23 heavy (non-hydrogen) atoms. The molecule has 0 bridgehead atoms. The molecule has 3 rings (SSSR count). The number of fused-ring (bicyclic) bond motifs is 2. The van der Waals surface area contributed by atoms with Gasteiger partial charge < -0.3 is 4.74 Å². The molecule has 0 amide bonds. The molecule has 2 aliphatic carbocycles. The quantitative estimate of drug-likeness (QED) is 0.585. The lowest BCUT2D eigenvalue weighted by atomic mass is 9.71. The monoisotopic (exact) mass is 312 g/mol. The molecule has 0 N–H and O–H groups in total. The first-order valence-corrected chi connectivity index (χ1v) is 7.28. The molecule has 0 heterocycles. The molecule has 0 aromatic heterocycles. The number of hydrogen-bond acceptors (Lipinski definition) is 5. The smallest absolute Gasteiger partial charge is 0.239 e. The summed E-state index contributed by atoms with van der Waals surface area (Å²) in [5.74, 6) is -2.41. The molecular formula is C18H16O5. The lowest BCUT2D eigenvalue weighted by molar-refractivity contribution is -0.122. The van der Waals surface area contributed by atoms with E-state index in [9.17, 15) is 19.2 Å². The zero-order chi connectivity index (χ0) is 17.1. The fraction of sp³-hybridized carbons (Fsp3) is 0.333. The summed E-state index contributed by atoms with van der Waals surface area (Å²) in [5, 5.41) is 0. The highest BCUT2D eigenvalue weighted by Gasteiger charge is 2.44. The topological polar surface area (TPSA) is 77.5 Å². The molecule has 0 fully saturated rings. The van der Waals surface area contributed by atoms with Gasteiger partial charge in [-0.05, 0) is 30.2 Å². The number of benzene rings is 1. The summed E-state index contributed by atoms with van der Waals surface area (Å²) in [4.78, 5) is 49.3. The van der Waals surface area contributed by atoms with Crippen molar-refractivity contribution in [3.63, 3.8) is 0 Å². The van der Waals surface area contributed by atoms with Gasteiger partial charge in [0.1, 0.15) is 0 Å². The van der Waals surface area contributed by atoms with Gasteiger partial charge in [0.05, 0.1) is 0 Å². The number of rotatable bonds is 1. The highest BCUT2D eigenvalue weighted by molar-refractivity contribution is 6.53. The number of ether oxygens (including phenoxy) is 1. The molecule has 1 unspecified atom stereocenters. The number of ketones is 4. The summed E-state index contributed by atoms with van der Waals surface area (Å²) >= 11 is 0. The Morgan fingerprint density at radius 2 is 1.70 bits per heavy atom. The second kappa shape index (κ2) is 4.80. The average molecular weight is 312 g/mol. The molecule has 0 radical (unpaired) electrons. The first kappa shape index (κ1) is 15.5. The van der Waals surface area contributed by atoms with Crippen molar-refractivity contribution in [1.29, 1.82) is 0 Å². The minimum Gasteiger partial charge on any atom is -0.365 e. The third-order valence-electron chi connectivity index (χ3n) is 4.60. The third-order valence-corrected chi connectivity index (χ3v) is 4.60. The first-order valence-electron chi connectivity index (χ1n) is 7.28. The Morgan fingerprint density at radius 1 is 1.04 bits per heavy atom. The Balaban J connectivity index is 2.39. The van der Waals surface area contributed by atoms with Crippen LogP contribution in [0, 0.1) is 6.92 Å². The molecule has 1 atom stereocenters. The number of allylic oxidation sites excluding steroid dienone is 2. The van der Waals surface area contributed by atoms with Gasteiger partial charge in [-0.3, -0.25) is 19.2 Å². The fourth-order valence-corrected chi connectivity index (χ4v) is 3.30. The van der Waals surface area contributed by atoms with Crippen LogP contribution in [0.1, 0.15) is 56.0 Å². The highest BCUT2D eigenvalue weighted by Crippen LogP contribution is 2.38. The predicted octanol–water partition coefficient (Wildman–Crippen LogP) is 1.99. The summed E-state index contributed by atoms with van der Waals surface area (Å²) in [6.45, 7) is 5.46. The minimum atomic E-state index is -1.40. The Morgan fingerprint density at radius 3 is 2.30 bits per heavy atom. The van der Waals surface area contributed by atoms with Gasteiger partial charge >= 0.3 is 0 Å². The molecule has 1 aromatic rings. The Kier molecular flexibility index (Phi) is 3.23. The predicted molar refractivity (Wildman–Crippen MR) is 82.1 cm³/mol. The van der Waals surface area contributed by atoms with E-state index in [1.165, 1.54) is 13.2 Å². The molecule has 5 heteroatoms. The highest BCUT2D eigenvalue weighted by atomic mass is 16.5. The van der Waals surface area contributed by atoms with Crippen molar-refractivity contribution in [3.8, 4) is 0 Å². The maximum atomic E-state index is 12.5. The van der Waals surface area contributed by atoms with E-state index in [-0.39, 0.29) is 16.9 Å². The van der Waals surface area contributed by atoms with Gasteiger partial charge in [-0.2, -0.15) is 0 Å². The standard InChI is InChI=1S/C18H16O5/c1-8-12-9(14(20)17(23-4)16(22)15(12)21)7-10-13(8)11(19)5-6-18(10,2)3/h5-7,17H,1-4H3. The van der Waals surface area contributed by atoms with Crippen LogP contribution in [0.4, 0.5) is 0 Å². The number of hydrogen-bond donors (Lipinski definition) is 0. The lowest BCUT2D eigenvalue weighted by Crippen LogP contribution is -2.43.